The molecule has 0 aliphatic rings. The van der Waals surface area contributed by atoms with Crippen molar-refractivity contribution in [3.8, 4) is 0 Å². The van der Waals surface area contributed by atoms with Crippen molar-refractivity contribution in [3.63, 3.8) is 0 Å². The maximum atomic E-state index is 13.0. The Morgan fingerprint density at radius 1 is 1.16 bits per heavy atom. The van der Waals surface area contributed by atoms with Crippen LogP contribution in [0.3, 0.4) is 0 Å². The number of hydrogen-bond donors (Lipinski definition) is 0. The Morgan fingerprint density at radius 3 is 2.58 bits per heavy atom. The van der Waals surface area contributed by atoms with Crippen LogP contribution in [0.1, 0.15) is 18.4 Å². The molecule has 0 saturated heterocycles. The van der Waals surface area contributed by atoms with Gasteiger partial charge in [-0.3, -0.25) is 4.40 Å². The molecule has 2 aromatic heterocycles. The molecule has 0 fully saturated rings. The molecule has 0 saturated carbocycles. The molecule has 1 aromatic carbocycles. The zero-order valence-electron chi connectivity index (χ0n) is 9.94. The lowest BCUT2D eigenvalue weighted by atomic mass is 10.2. The first-order valence-electron chi connectivity index (χ1n) is 5.72. The van der Waals surface area contributed by atoms with Gasteiger partial charge in [-0.1, -0.05) is 19.1 Å². The Morgan fingerprint density at radius 2 is 1.89 bits per heavy atom. The Kier molecular flexibility index (Phi) is 2.44. The van der Waals surface area contributed by atoms with Crippen molar-refractivity contribution in [2.75, 3.05) is 0 Å². The van der Waals surface area contributed by atoms with Crippen LogP contribution >= 0.6 is 0 Å². The van der Waals surface area contributed by atoms with Gasteiger partial charge < -0.3 is 0 Å². The molecule has 19 heavy (non-hydrogen) atoms. The zero-order chi connectivity index (χ0) is 13.6. The van der Waals surface area contributed by atoms with Crippen LogP contribution in [0.2, 0.25) is 0 Å². The lowest BCUT2D eigenvalue weighted by Crippen LogP contribution is -2.12. The molecule has 0 amide bonds. The third-order valence-electron chi connectivity index (χ3n) is 2.89. The van der Waals surface area contributed by atoms with Crippen molar-refractivity contribution in [3.05, 3.63) is 35.8 Å². The van der Waals surface area contributed by atoms with Gasteiger partial charge in [0.05, 0.1) is 16.7 Å². The monoisotopic (exact) mass is 266 g/mol. The molecular formula is C12H9F3N4. The van der Waals surface area contributed by atoms with Gasteiger partial charge in [-0.25, -0.2) is 4.98 Å². The van der Waals surface area contributed by atoms with Crippen LogP contribution in [0.25, 0.3) is 16.7 Å². The number of hydrogen-bond acceptors (Lipinski definition) is 3. The van der Waals surface area contributed by atoms with Crippen molar-refractivity contribution in [2.45, 2.75) is 19.5 Å². The van der Waals surface area contributed by atoms with Gasteiger partial charge in [-0.05, 0) is 18.6 Å². The summed E-state index contributed by atoms with van der Waals surface area (Å²) in [5, 5.41) is 6.91. The van der Waals surface area contributed by atoms with E-state index >= 15 is 0 Å². The van der Waals surface area contributed by atoms with Gasteiger partial charge in [-0.15, -0.1) is 10.2 Å². The molecule has 7 heteroatoms. The molecule has 3 aromatic rings. The number of benzene rings is 1. The molecule has 0 aliphatic heterocycles. The summed E-state index contributed by atoms with van der Waals surface area (Å²) < 4.78 is 39.9. The third-order valence-corrected chi connectivity index (χ3v) is 2.89. The van der Waals surface area contributed by atoms with E-state index in [1.165, 1.54) is 0 Å². The largest absolute Gasteiger partial charge is 0.452 e. The highest BCUT2D eigenvalue weighted by atomic mass is 19.4. The van der Waals surface area contributed by atoms with Crippen LogP contribution < -0.4 is 0 Å². The van der Waals surface area contributed by atoms with E-state index in [1.807, 2.05) is 6.92 Å². The van der Waals surface area contributed by atoms with Gasteiger partial charge in [0.25, 0.3) is 0 Å². The van der Waals surface area contributed by atoms with Crippen molar-refractivity contribution >= 4 is 16.7 Å². The first-order chi connectivity index (χ1) is 9.02. The van der Waals surface area contributed by atoms with E-state index in [2.05, 4.69) is 15.2 Å². The number of fused-ring (bicyclic) bond motifs is 3. The second kappa shape index (κ2) is 3.91. The second-order valence-electron chi connectivity index (χ2n) is 4.08. The fourth-order valence-electron chi connectivity index (χ4n) is 2.06. The number of nitrogens with zero attached hydrogens (tertiary/aromatic N) is 4. The van der Waals surface area contributed by atoms with E-state index < -0.39 is 12.0 Å². The van der Waals surface area contributed by atoms with Gasteiger partial charge in [0.2, 0.25) is 5.82 Å². The van der Waals surface area contributed by atoms with Gasteiger partial charge in [0.15, 0.2) is 5.65 Å². The van der Waals surface area contributed by atoms with Crippen LogP contribution in [0.5, 0.6) is 0 Å². The fourth-order valence-corrected chi connectivity index (χ4v) is 2.06. The van der Waals surface area contributed by atoms with E-state index in [0.717, 1.165) is 4.40 Å². The molecule has 4 nitrogen and oxygen atoms in total. The van der Waals surface area contributed by atoms with Crippen molar-refractivity contribution < 1.29 is 13.2 Å². The third kappa shape index (κ3) is 1.73. The summed E-state index contributed by atoms with van der Waals surface area (Å²) in [6.07, 6.45) is -4.06. The van der Waals surface area contributed by atoms with Crippen molar-refractivity contribution in [2.24, 2.45) is 0 Å². The average Bonchev–Trinajstić information content (AvgIpc) is 2.82. The maximum Gasteiger partial charge on any atom is 0.452 e. The summed E-state index contributed by atoms with van der Waals surface area (Å²) in [4.78, 5) is 4.33. The van der Waals surface area contributed by atoms with Gasteiger partial charge in [-0.2, -0.15) is 13.2 Å². The molecule has 0 bridgehead atoms. The average molecular weight is 266 g/mol. The summed E-state index contributed by atoms with van der Waals surface area (Å²) in [7, 11) is 0. The van der Waals surface area contributed by atoms with Crippen molar-refractivity contribution in [1.82, 2.24) is 19.6 Å². The molecular weight excluding hydrogens is 257 g/mol. The molecule has 2 heterocycles. The van der Waals surface area contributed by atoms with E-state index in [-0.39, 0.29) is 5.65 Å². The molecule has 0 spiro atoms. The predicted octanol–water partition coefficient (Wildman–Crippen LogP) is 2.86. The standard InChI is InChI=1S/C12H9F3N4/c1-2-7-10-17-18-11(12(13,14)15)19(10)9-6-4-3-5-8(9)16-7/h3-6H,2H2,1H3. The normalized spacial score (nSPS) is 12.4. The molecule has 0 N–H and O–H groups in total. The minimum Gasteiger partial charge on any atom is -0.268 e. The maximum absolute atomic E-state index is 13.0. The lowest BCUT2D eigenvalue weighted by Gasteiger charge is -2.08. The minimum atomic E-state index is -4.55. The highest BCUT2D eigenvalue weighted by Crippen LogP contribution is 2.30. The van der Waals surface area contributed by atoms with E-state index in [4.69, 9.17) is 0 Å². The summed E-state index contributed by atoms with van der Waals surface area (Å²) in [6.45, 7) is 1.82. The van der Waals surface area contributed by atoms with Gasteiger partial charge >= 0.3 is 6.18 Å². The van der Waals surface area contributed by atoms with Crippen LogP contribution in [-0.4, -0.2) is 19.6 Å². The quantitative estimate of drug-likeness (QED) is 0.680. The Balaban J connectivity index is 2.53. The Labute approximate surface area is 105 Å². The molecule has 3 rings (SSSR count). The minimum absolute atomic E-state index is 0.161. The number of aryl methyl sites for hydroxylation is 1. The molecule has 0 radical (unpaired) electrons. The number of rotatable bonds is 1. The molecule has 98 valence electrons. The van der Waals surface area contributed by atoms with Gasteiger partial charge in [0.1, 0.15) is 0 Å². The molecule has 0 atom stereocenters. The number of alkyl halides is 3. The smallest absolute Gasteiger partial charge is 0.268 e. The van der Waals surface area contributed by atoms with Gasteiger partial charge in [0, 0.05) is 0 Å². The van der Waals surface area contributed by atoms with Crippen molar-refractivity contribution in [1.29, 1.82) is 0 Å². The number of halogens is 3. The van der Waals surface area contributed by atoms with Crippen LogP contribution in [-0.2, 0) is 12.6 Å². The summed E-state index contributed by atoms with van der Waals surface area (Å²) in [5.74, 6) is -1.02. The SMILES string of the molecule is CCc1nc2ccccc2n2c(C(F)(F)F)nnc12. The molecule has 0 unspecified atom stereocenters. The van der Waals surface area contributed by atoms with Crippen LogP contribution in [0.4, 0.5) is 13.2 Å². The Hall–Kier alpha value is -2.18. The topological polar surface area (TPSA) is 43.1 Å². The lowest BCUT2D eigenvalue weighted by molar-refractivity contribution is -0.145. The highest BCUT2D eigenvalue weighted by molar-refractivity contribution is 5.78. The molecule has 0 aliphatic carbocycles. The summed E-state index contributed by atoms with van der Waals surface area (Å²) in [6, 6.07) is 6.65. The van der Waals surface area contributed by atoms with Crippen LogP contribution in [0.15, 0.2) is 24.3 Å². The number of aromatic nitrogens is 4. The number of para-hydroxylation sites is 2. The van der Waals surface area contributed by atoms with E-state index in [9.17, 15) is 13.2 Å². The van der Waals surface area contributed by atoms with Crippen LogP contribution in [0, 0.1) is 0 Å². The summed E-state index contributed by atoms with van der Waals surface area (Å²) in [5.41, 5.74) is 1.51. The predicted molar refractivity (Wildman–Crippen MR) is 62.7 cm³/mol. The Bertz CT molecular complexity index is 761. The van der Waals surface area contributed by atoms with E-state index in [1.54, 1.807) is 24.3 Å². The first-order valence-corrected chi connectivity index (χ1v) is 5.72. The second-order valence-corrected chi connectivity index (χ2v) is 4.08. The summed E-state index contributed by atoms with van der Waals surface area (Å²) >= 11 is 0. The highest BCUT2D eigenvalue weighted by Gasteiger charge is 2.37. The first kappa shape index (κ1) is 11.9. The van der Waals surface area contributed by atoms with E-state index in [0.29, 0.717) is 23.1 Å². The zero-order valence-corrected chi connectivity index (χ0v) is 9.94. The fraction of sp³-hybridized carbons (Fsp3) is 0.250.